The van der Waals surface area contributed by atoms with Crippen LogP contribution in [-0.4, -0.2) is 38.0 Å². The third-order valence-electron chi connectivity index (χ3n) is 6.14. The van der Waals surface area contributed by atoms with Crippen LogP contribution in [-0.2, 0) is 11.3 Å². The zero-order chi connectivity index (χ0) is 25.1. The Kier molecular flexibility index (Phi) is 6.91. The van der Waals surface area contributed by atoms with Gasteiger partial charge < -0.3 is 24.4 Å². The average Bonchev–Trinajstić information content (AvgIpc) is 3.19. The Balaban J connectivity index is 1.72. The van der Waals surface area contributed by atoms with Crippen LogP contribution in [0.4, 0.5) is 10.1 Å². The molecule has 1 aliphatic heterocycles. The fourth-order valence-corrected chi connectivity index (χ4v) is 4.37. The molecule has 7 nitrogen and oxygen atoms in total. The van der Waals surface area contributed by atoms with Gasteiger partial charge in [0, 0.05) is 17.8 Å². The Morgan fingerprint density at radius 1 is 1.03 bits per heavy atom. The molecule has 182 valence electrons. The number of aryl methyl sites for hydroxylation is 1. The van der Waals surface area contributed by atoms with Gasteiger partial charge in [-0.15, -0.1) is 0 Å². The van der Waals surface area contributed by atoms with Gasteiger partial charge in [0.1, 0.15) is 5.82 Å². The van der Waals surface area contributed by atoms with Crippen molar-refractivity contribution in [3.63, 3.8) is 0 Å². The Morgan fingerprint density at radius 3 is 2.31 bits per heavy atom. The maximum Gasteiger partial charge on any atom is 0.255 e. The first-order valence-electron chi connectivity index (χ1n) is 11.1. The molecular weight excluding hydrogens is 451 g/mol. The highest BCUT2D eigenvalue weighted by atomic mass is 19.1. The molecule has 2 amide bonds. The average molecular weight is 479 g/mol. The van der Waals surface area contributed by atoms with Crippen LogP contribution >= 0.6 is 0 Å². The van der Waals surface area contributed by atoms with Crippen molar-refractivity contribution in [3.8, 4) is 17.2 Å². The van der Waals surface area contributed by atoms with E-state index in [2.05, 4.69) is 5.32 Å². The summed E-state index contributed by atoms with van der Waals surface area (Å²) in [6.07, 6.45) is -0.0326. The van der Waals surface area contributed by atoms with Crippen molar-refractivity contribution in [1.29, 1.82) is 0 Å². The number of amides is 2. The molecular formula is C27H27FN2O5. The van der Waals surface area contributed by atoms with E-state index in [-0.39, 0.29) is 24.1 Å². The number of nitrogens with zero attached hydrogens (tertiary/aromatic N) is 1. The Labute approximate surface area is 203 Å². The number of carbonyl (C=O) groups is 2. The van der Waals surface area contributed by atoms with Gasteiger partial charge in [0.05, 0.1) is 33.8 Å². The van der Waals surface area contributed by atoms with E-state index < -0.39 is 6.04 Å². The SMILES string of the molecule is COc1cc([C@H](CC(=O)Nc2ccc(F)cc2C)N2Cc3ccccc3C2=O)cc(OC)c1OC. The van der Waals surface area contributed by atoms with Crippen molar-refractivity contribution >= 4 is 17.5 Å². The lowest BCUT2D eigenvalue weighted by molar-refractivity contribution is -0.117. The van der Waals surface area contributed by atoms with Gasteiger partial charge in [0.25, 0.3) is 5.91 Å². The van der Waals surface area contributed by atoms with Gasteiger partial charge >= 0.3 is 0 Å². The second kappa shape index (κ2) is 10.0. The summed E-state index contributed by atoms with van der Waals surface area (Å²) in [6, 6.07) is 14.4. The van der Waals surface area contributed by atoms with E-state index in [1.165, 1.54) is 39.5 Å². The number of fused-ring (bicyclic) bond motifs is 1. The molecule has 0 unspecified atom stereocenters. The first kappa shape index (κ1) is 24.1. The number of hydrogen-bond acceptors (Lipinski definition) is 5. The fraction of sp³-hybridized carbons (Fsp3) is 0.259. The molecule has 0 aliphatic carbocycles. The van der Waals surface area contributed by atoms with Gasteiger partial charge in [-0.25, -0.2) is 4.39 Å². The summed E-state index contributed by atoms with van der Waals surface area (Å²) in [7, 11) is 4.53. The number of ether oxygens (including phenoxy) is 3. The molecule has 3 aromatic rings. The van der Waals surface area contributed by atoms with Gasteiger partial charge in [-0.3, -0.25) is 9.59 Å². The zero-order valence-electron chi connectivity index (χ0n) is 20.1. The van der Waals surface area contributed by atoms with Crippen molar-refractivity contribution in [3.05, 3.63) is 82.7 Å². The Morgan fingerprint density at radius 2 is 1.71 bits per heavy atom. The number of carbonyl (C=O) groups excluding carboxylic acids is 2. The van der Waals surface area contributed by atoms with E-state index in [1.54, 1.807) is 30.0 Å². The summed E-state index contributed by atoms with van der Waals surface area (Å²) in [6.45, 7) is 2.08. The number of methoxy groups -OCH3 is 3. The minimum atomic E-state index is -0.621. The lowest BCUT2D eigenvalue weighted by atomic mass is 10.00. The second-order valence-corrected chi connectivity index (χ2v) is 8.28. The lowest BCUT2D eigenvalue weighted by Crippen LogP contribution is -2.32. The number of halogens is 1. The van der Waals surface area contributed by atoms with E-state index in [4.69, 9.17) is 14.2 Å². The van der Waals surface area contributed by atoms with Crippen molar-refractivity contribution < 1.29 is 28.2 Å². The molecule has 0 saturated heterocycles. The number of nitrogens with one attached hydrogen (secondary N) is 1. The van der Waals surface area contributed by atoms with Crippen LogP contribution < -0.4 is 19.5 Å². The number of anilines is 1. The highest BCUT2D eigenvalue weighted by molar-refractivity contribution is 5.99. The number of hydrogen-bond donors (Lipinski definition) is 1. The summed E-state index contributed by atoms with van der Waals surface area (Å²) in [4.78, 5) is 28.2. The molecule has 4 rings (SSSR count). The highest BCUT2D eigenvalue weighted by Gasteiger charge is 2.35. The summed E-state index contributed by atoms with van der Waals surface area (Å²) in [5.74, 6) is 0.403. The number of rotatable bonds is 8. The van der Waals surface area contributed by atoms with E-state index in [0.29, 0.717) is 46.2 Å². The standard InChI is InChI=1S/C27H27FN2O5/c1-16-11-19(28)9-10-21(16)29-25(31)14-22(30-15-17-7-5-6-8-20(17)27(30)32)18-12-23(33-2)26(35-4)24(13-18)34-3/h5-13,22H,14-15H2,1-4H3,(H,29,31)/t22-/m0/s1. The van der Waals surface area contributed by atoms with Crippen molar-refractivity contribution in [1.82, 2.24) is 4.90 Å². The molecule has 35 heavy (non-hydrogen) atoms. The Hall–Kier alpha value is -4.07. The largest absolute Gasteiger partial charge is 0.493 e. The molecule has 0 aromatic heterocycles. The summed E-state index contributed by atoms with van der Waals surface area (Å²) in [5, 5.41) is 2.85. The minimum Gasteiger partial charge on any atom is -0.493 e. The topological polar surface area (TPSA) is 77.1 Å². The second-order valence-electron chi connectivity index (χ2n) is 8.28. The minimum absolute atomic E-state index is 0.0326. The molecule has 1 atom stereocenters. The van der Waals surface area contributed by atoms with E-state index in [0.717, 1.165) is 5.56 Å². The zero-order valence-corrected chi connectivity index (χ0v) is 20.1. The monoisotopic (exact) mass is 478 g/mol. The van der Waals surface area contributed by atoms with Gasteiger partial charge in [-0.1, -0.05) is 18.2 Å². The lowest BCUT2D eigenvalue weighted by Gasteiger charge is -2.29. The predicted molar refractivity (Wildman–Crippen MR) is 130 cm³/mol. The van der Waals surface area contributed by atoms with Gasteiger partial charge in [-0.2, -0.15) is 0 Å². The molecule has 0 saturated carbocycles. The van der Waals surface area contributed by atoms with Gasteiger partial charge in [0.2, 0.25) is 11.7 Å². The summed E-state index contributed by atoms with van der Waals surface area (Å²) in [5.41, 5.74) is 3.28. The van der Waals surface area contributed by atoms with Crippen LogP contribution in [0.5, 0.6) is 17.2 Å². The predicted octanol–water partition coefficient (Wildman–Crippen LogP) is 4.89. The third-order valence-corrected chi connectivity index (χ3v) is 6.14. The van der Waals surface area contributed by atoms with Crippen LogP contribution in [0, 0.1) is 12.7 Å². The van der Waals surface area contributed by atoms with E-state index in [1.807, 2.05) is 18.2 Å². The molecule has 1 N–H and O–H groups in total. The molecule has 1 heterocycles. The van der Waals surface area contributed by atoms with Crippen LogP contribution in [0.2, 0.25) is 0 Å². The van der Waals surface area contributed by atoms with Crippen molar-refractivity contribution in [2.24, 2.45) is 0 Å². The first-order valence-corrected chi connectivity index (χ1v) is 11.1. The maximum absolute atomic E-state index is 13.5. The first-order chi connectivity index (χ1) is 16.9. The van der Waals surface area contributed by atoms with Gasteiger partial charge in [0.15, 0.2) is 11.5 Å². The fourth-order valence-electron chi connectivity index (χ4n) is 4.37. The van der Waals surface area contributed by atoms with E-state index >= 15 is 0 Å². The highest BCUT2D eigenvalue weighted by Crippen LogP contribution is 2.43. The van der Waals surface area contributed by atoms with Crippen molar-refractivity contribution in [2.75, 3.05) is 26.6 Å². The summed E-state index contributed by atoms with van der Waals surface area (Å²) < 4.78 is 29.9. The Bertz CT molecular complexity index is 1250. The number of benzene rings is 3. The molecule has 0 bridgehead atoms. The molecule has 0 radical (unpaired) electrons. The third kappa shape index (κ3) is 4.77. The molecule has 0 fully saturated rings. The molecule has 1 aliphatic rings. The van der Waals surface area contributed by atoms with Crippen molar-refractivity contribution in [2.45, 2.75) is 25.9 Å². The van der Waals surface area contributed by atoms with Crippen LogP contribution in [0.15, 0.2) is 54.6 Å². The van der Waals surface area contributed by atoms with E-state index in [9.17, 15) is 14.0 Å². The quantitative estimate of drug-likeness (QED) is 0.499. The summed E-state index contributed by atoms with van der Waals surface area (Å²) >= 11 is 0. The molecule has 3 aromatic carbocycles. The van der Waals surface area contributed by atoms with Crippen LogP contribution in [0.1, 0.15) is 39.5 Å². The van der Waals surface area contributed by atoms with Crippen LogP contribution in [0.25, 0.3) is 0 Å². The van der Waals surface area contributed by atoms with Gasteiger partial charge in [-0.05, 0) is 60.0 Å². The maximum atomic E-state index is 13.5. The van der Waals surface area contributed by atoms with Crippen LogP contribution in [0.3, 0.4) is 0 Å². The molecule has 8 heteroatoms. The smallest absolute Gasteiger partial charge is 0.255 e. The molecule has 0 spiro atoms. The normalized spacial score (nSPS) is 13.3.